The summed E-state index contributed by atoms with van der Waals surface area (Å²) in [5, 5.41) is 8.73. The lowest BCUT2D eigenvalue weighted by Gasteiger charge is -1.97. The molecule has 0 aliphatic rings. The zero-order valence-corrected chi connectivity index (χ0v) is 9.17. The minimum atomic E-state index is -0.573. The van der Waals surface area contributed by atoms with Crippen LogP contribution >= 0.6 is 23.1 Å². The largest absolute Gasteiger partial charge is 0.396 e. The van der Waals surface area contributed by atoms with E-state index < -0.39 is 5.91 Å². The van der Waals surface area contributed by atoms with Crippen LogP contribution in [0.4, 0.5) is 5.69 Å². The Morgan fingerprint density at radius 1 is 1.71 bits per heavy atom. The van der Waals surface area contributed by atoms with Crippen molar-refractivity contribution in [2.24, 2.45) is 5.73 Å². The van der Waals surface area contributed by atoms with Crippen LogP contribution in [0.15, 0.2) is 4.21 Å². The summed E-state index contributed by atoms with van der Waals surface area (Å²) in [5.41, 5.74) is 11.3. The summed E-state index contributed by atoms with van der Waals surface area (Å²) in [4.78, 5) is 11.4. The summed E-state index contributed by atoms with van der Waals surface area (Å²) in [5.74, 6) is 0.238. The lowest BCUT2D eigenvalue weighted by atomic mass is 10.2. The SMILES string of the molecule is CCSc1sc(C#N)c(N)c1C(N)=O. The summed E-state index contributed by atoms with van der Waals surface area (Å²) in [6, 6.07) is 1.94. The summed E-state index contributed by atoms with van der Waals surface area (Å²) >= 11 is 2.68. The molecule has 1 aromatic rings. The lowest BCUT2D eigenvalue weighted by Crippen LogP contribution is -2.13. The molecule has 1 rings (SSSR count). The summed E-state index contributed by atoms with van der Waals surface area (Å²) < 4.78 is 0.731. The van der Waals surface area contributed by atoms with E-state index >= 15 is 0 Å². The first-order valence-corrected chi connectivity index (χ1v) is 5.67. The van der Waals surface area contributed by atoms with Crippen LogP contribution < -0.4 is 11.5 Å². The molecule has 0 unspecified atom stereocenters. The second kappa shape index (κ2) is 4.35. The maximum absolute atomic E-state index is 11.1. The van der Waals surface area contributed by atoms with Crippen LogP contribution in [0.25, 0.3) is 0 Å². The molecule has 4 nitrogen and oxygen atoms in total. The van der Waals surface area contributed by atoms with Gasteiger partial charge in [0, 0.05) is 0 Å². The van der Waals surface area contributed by atoms with E-state index in [9.17, 15) is 4.79 Å². The van der Waals surface area contributed by atoms with E-state index in [1.807, 2.05) is 13.0 Å². The first-order chi connectivity index (χ1) is 6.61. The van der Waals surface area contributed by atoms with Gasteiger partial charge in [-0.15, -0.1) is 23.1 Å². The van der Waals surface area contributed by atoms with Crippen molar-refractivity contribution in [2.75, 3.05) is 11.5 Å². The molecule has 0 saturated carbocycles. The second-order valence-electron chi connectivity index (χ2n) is 2.42. The van der Waals surface area contributed by atoms with Gasteiger partial charge < -0.3 is 11.5 Å². The fourth-order valence-corrected chi connectivity index (χ4v) is 3.18. The third-order valence-electron chi connectivity index (χ3n) is 1.54. The van der Waals surface area contributed by atoms with Crippen LogP contribution in [0.3, 0.4) is 0 Å². The van der Waals surface area contributed by atoms with Gasteiger partial charge in [0.2, 0.25) is 0 Å². The van der Waals surface area contributed by atoms with Crippen molar-refractivity contribution < 1.29 is 4.79 Å². The van der Waals surface area contributed by atoms with E-state index in [1.54, 1.807) is 0 Å². The summed E-state index contributed by atoms with van der Waals surface area (Å²) in [6.07, 6.45) is 0. The third kappa shape index (κ3) is 1.84. The molecule has 0 aromatic carbocycles. The number of nitrogens with two attached hydrogens (primary N) is 2. The predicted molar refractivity (Wildman–Crippen MR) is 58.4 cm³/mol. The van der Waals surface area contributed by atoms with E-state index in [0.29, 0.717) is 10.4 Å². The number of hydrogen-bond acceptors (Lipinski definition) is 5. The molecule has 0 atom stereocenters. The zero-order chi connectivity index (χ0) is 10.7. The molecule has 0 spiro atoms. The number of hydrogen-bond donors (Lipinski definition) is 2. The predicted octanol–water partition coefficient (Wildman–Crippen LogP) is 1.41. The van der Waals surface area contributed by atoms with Gasteiger partial charge in [0.1, 0.15) is 10.9 Å². The molecule has 0 aliphatic carbocycles. The van der Waals surface area contributed by atoms with Gasteiger partial charge in [0.05, 0.1) is 15.5 Å². The molecule has 1 aromatic heterocycles. The Bertz CT molecular complexity index is 405. The van der Waals surface area contributed by atoms with E-state index in [4.69, 9.17) is 16.7 Å². The van der Waals surface area contributed by atoms with Crippen LogP contribution in [0.1, 0.15) is 22.2 Å². The van der Waals surface area contributed by atoms with Gasteiger partial charge >= 0.3 is 0 Å². The molecule has 0 bridgehead atoms. The lowest BCUT2D eigenvalue weighted by molar-refractivity contribution is 0.0999. The highest BCUT2D eigenvalue weighted by Crippen LogP contribution is 2.37. The number of nitriles is 1. The van der Waals surface area contributed by atoms with Crippen molar-refractivity contribution in [2.45, 2.75) is 11.1 Å². The maximum atomic E-state index is 11.1. The number of rotatable bonds is 3. The Kier molecular flexibility index (Phi) is 3.38. The van der Waals surface area contributed by atoms with Crippen molar-refractivity contribution in [1.82, 2.24) is 0 Å². The quantitative estimate of drug-likeness (QED) is 0.763. The third-order valence-corrected chi connectivity index (χ3v) is 3.80. The molecule has 6 heteroatoms. The van der Waals surface area contributed by atoms with Gasteiger partial charge in [0.25, 0.3) is 5.91 Å². The highest BCUT2D eigenvalue weighted by atomic mass is 32.2. The second-order valence-corrected chi connectivity index (χ2v) is 4.97. The number of nitrogen functional groups attached to an aromatic ring is 1. The van der Waals surface area contributed by atoms with Crippen molar-refractivity contribution in [3.63, 3.8) is 0 Å². The van der Waals surface area contributed by atoms with Crippen molar-refractivity contribution in [1.29, 1.82) is 5.26 Å². The summed E-state index contributed by atoms with van der Waals surface area (Å²) in [6.45, 7) is 1.96. The number of primary amides is 1. The molecular weight excluding hydrogens is 218 g/mol. The average Bonchev–Trinajstić information content (AvgIpc) is 2.43. The number of nitrogens with zero attached hydrogens (tertiary/aromatic N) is 1. The maximum Gasteiger partial charge on any atom is 0.252 e. The molecular formula is C8H9N3OS2. The zero-order valence-electron chi connectivity index (χ0n) is 7.53. The molecule has 0 saturated heterocycles. The number of carbonyl (C=O) groups excluding carboxylic acids is 1. The van der Waals surface area contributed by atoms with E-state index in [-0.39, 0.29) is 5.69 Å². The fourth-order valence-electron chi connectivity index (χ4n) is 0.971. The topological polar surface area (TPSA) is 92.9 Å². The monoisotopic (exact) mass is 227 g/mol. The number of thiophene rings is 1. The standard InChI is InChI=1S/C8H9N3OS2/c1-2-13-8-5(7(11)12)6(10)4(3-9)14-8/h2,10H2,1H3,(H2,11,12). The molecule has 1 heterocycles. The van der Waals surface area contributed by atoms with Crippen molar-refractivity contribution in [3.05, 3.63) is 10.4 Å². The Morgan fingerprint density at radius 3 is 2.79 bits per heavy atom. The Morgan fingerprint density at radius 2 is 2.36 bits per heavy atom. The Labute approximate surface area is 89.9 Å². The van der Waals surface area contributed by atoms with Crippen LogP contribution in [0, 0.1) is 11.3 Å². The fraction of sp³-hybridized carbons (Fsp3) is 0.250. The van der Waals surface area contributed by atoms with E-state index in [0.717, 1.165) is 9.96 Å². The van der Waals surface area contributed by atoms with E-state index in [2.05, 4.69) is 0 Å². The van der Waals surface area contributed by atoms with Gasteiger partial charge in [0.15, 0.2) is 0 Å². The van der Waals surface area contributed by atoms with Gasteiger partial charge in [-0.05, 0) is 5.75 Å². The van der Waals surface area contributed by atoms with Gasteiger partial charge in [-0.2, -0.15) is 5.26 Å². The van der Waals surface area contributed by atoms with Crippen molar-refractivity contribution in [3.8, 4) is 6.07 Å². The first-order valence-electron chi connectivity index (χ1n) is 3.86. The normalized spacial score (nSPS) is 9.71. The van der Waals surface area contributed by atoms with Crippen LogP contribution in [-0.2, 0) is 0 Å². The van der Waals surface area contributed by atoms with E-state index in [1.165, 1.54) is 23.1 Å². The van der Waals surface area contributed by atoms with Crippen molar-refractivity contribution >= 4 is 34.7 Å². The average molecular weight is 227 g/mol. The number of thioether (sulfide) groups is 1. The van der Waals surface area contributed by atoms with Gasteiger partial charge in [-0.25, -0.2) is 0 Å². The molecule has 74 valence electrons. The summed E-state index contributed by atoms with van der Waals surface area (Å²) in [7, 11) is 0. The van der Waals surface area contributed by atoms with Gasteiger partial charge in [-0.1, -0.05) is 6.92 Å². The Balaban J connectivity index is 3.29. The smallest absolute Gasteiger partial charge is 0.252 e. The number of amides is 1. The molecule has 14 heavy (non-hydrogen) atoms. The number of carbonyl (C=O) groups is 1. The number of anilines is 1. The molecule has 0 fully saturated rings. The van der Waals surface area contributed by atoms with Crippen LogP contribution in [-0.4, -0.2) is 11.7 Å². The van der Waals surface area contributed by atoms with Crippen LogP contribution in [0.2, 0.25) is 0 Å². The first kappa shape index (κ1) is 10.9. The highest BCUT2D eigenvalue weighted by Gasteiger charge is 2.19. The molecule has 4 N–H and O–H groups in total. The molecule has 1 amide bonds. The minimum absolute atomic E-state index is 0.209. The van der Waals surface area contributed by atoms with Crippen LogP contribution in [0.5, 0.6) is 0 Å². The Hall–Kier alpha value is -1.19. The minimum Gasteiger partial charge on any atom is -0.396 e. The molecule has 0 radical (unpaired) electrons. The highest BCUT2D eigenvalue weighted by molar-refractivity contribution is 8.01. The molecule has 0 aliphatic heterocycles. The van der Waals surface area contributed by atoms with Gasteiger partial charge in [-0.3, -0.25) is 4.79 Å².